The molecule has 3 aromatic rings. The SMILES string of the molecule is O=C(Oc1cc(Cl)ccc1C(=O)Nc1cccc(Cl)c1)c1ccccc1. The minimum atomic E-state index is -0.579. The van der Waals surface area contributed by atoms with Crippen LogP contribution in [0.25, 0.3) is 0 Å². The van der Waals surface area contributed by atoms with E-state index in [1.165, 1.54) is 12.1 Å². The van der Waals surface area contributed by atoms with E-state index in [4.69, 9.17) is 27.9 Å². The normalized spacial score (nSPS) is 10.2. The van der Waals surface area contributed by atoms with Gasteiger partial charge in [0.2, 0.25) is 0 Å². The molecule has 26 heavy (non-hydrogen) atoms. The zero-order valence-corrected chi connectivity index (χ0v) is 14.9. The van der Waals surface area contributed by atoms with E-state index in [0.717, 1.165) is 0 Å². The van der Waals surface area contributed by atoms with Crippen molar-refractivity contribution in [2.24, 2.45) is 0 Å². The molecule has 0 spiro atoms. The molecule has 0 aliphatic rings. The number of esters is 1. The summed E-state index contributed by atoms with van der Waals surface area (Å²) in [6.07, 6.45) is 0. The third-order valence-corrected chi connectivity index (χ3v) is 3.95. The molecule has 0 saturated carbocycles. The van der Waals surface area contributed by atoms with Crippen LogP contribution in [0.15, 0.2) is 72.8 Å². The number of ether oxygens (including phenoxy) is 1. The van der Waals surface area contributed by atoms with Crippen molar-refractivity contribution in [3.63, 3.8) is 0 Å². The molecule has 0 fully saturated rings. The average Bonchev–Trinajstić information content (AvgIpc) is 2.62. The third kappa shape index (κ3) is 4.42. The average molecular weight is 386 g/mol. The first-order valence-corrected chi connectivity index (χ1v) is 8.42. The van der Waals surface area contributed by atoms with Gasteiger partial charge in [0.25, 0.3) is 5.91 Å². The third-order valence-electron chi connectivity index (χ3n) is 3.48. The van der Waals surface area contributed by atoms with Crippen LogP contribution in [0, 0.1) is 0 Å². The Hall–Kier alpha value is -2.82. The second-order valence-electron chi connectivity index (χ2n) is 5.36. The molecule has 0 aliphatic carbocycles. The molecule has 0 bridgehead atoms. The first-order valence-electron chi connectivity index (χ1n) is 7.66. The van der Waals surface area contributed by atoms with Crippen LogP contribution in [0.2, 0.25) is 10.0 Å². The standard InChI is InChI=1S/C20H13Cl2NO3/c21-14-7-4-8-16(11-14)23-19(24)17-10-9-15(22)12-18(17)26-20(25)13-5-2-1-3-6-13/h1-12H,(H,23,24). The molecule has 0 unspecified atom stereocenters. The number of halogens is 2. The maximum Gasteiger partial charge on any atom is 0.343 e. The van der Waals surface area contributed by atoms with Crippen LogP contribution in [0.4, 0.5) is 5.69 Å². The summed E-state index contributed by atoms with van der Waals surface area (Å²) >= 11 is 11.9. The molecule has 4 nitrogen and oxygen atoms in total. The topological polar surface area (TPSA) is 55.4 Å². The Labute approximate surface area is 160 Å². The number of anilines is 1. The Morgan fingerprint density at radius 2 is 1.54 bits per heavy atom. The van der Waals surface area contributed by atoms with Crippen molar-refractivity contribution < 1.29 is 14.3 Å². The molecule has 0 aliphatic heterocycles. The molecule has 0 heterocycles. The lowest BCUT2D eigenvalue weighted by molar-refractivity contribution is 0.0733. The van der Waals surface area contributed by atoms with Crippen LogP contribution in [0.3, 0.4) is 0 Å². The molecule has 130 valence electrons. The molecule has 1 N–H and O–H groups in total. The van der Waals surface area contributed by atoms with E-state index in [-0.39, 0.29) is 11.3 Å². The van der Waals surface area contributed by atoms with Gasteiger partial charge in [0.15, 0.2) is 0 Å². The van der Waals surface area contributed by atoms with Crippen LogP contribution >= 0.6 is 23.2 Å². The van der Waals surface area contributed by atoms with Crippen molar-refractivity contribution in [2.45, 2.75) is 0 Å². The lowest BCUT2D eigenvalue weighted by Gasteiger charge is -2.11. The highest BCUT2D eigenvalue weighted by molar-refractivity contribution is 6.31. The quantitative estimate of drug-likeness (QED) is 0.478. The Morgan fingerprint density at radius 1 is 0.808 bits per heavy atom. The first kappa shape index (κ1) is 18.0. The maximum atomic E-state index is 12.6. The number of hydrogen-bond donors (Lipinski definition) is 1. The number of benzene rings is 3. The summed E-state index contributed by atoms with van der Waals surface area (Å²) in [7, 11) is 0. The lowest BCUT2D eigenvalue weighted by atomic mass is 10.1. The van der Waals surface area contributed by atoms with Gasteiger partial charge in [-0.25, -0.2) is 4.79 Å². The highest BCUT2D eigenvalue weighted by Gasteiger charge is 2.17. The summed E-state index contributed by atoms with van der Waals surface area (Å²) in [6.45, 7) is 0. The monoisotopic (exact) mass is 385 g/mol. The predicted molar refractivity (Wildman–Crippen MR) is 102 cm³/mol. The van der Waals surface area contributed by atoms with Gasteiger partial charge in [0.1, 0.15) is 5.75 Å². The maximum absolute atomic E-state index is 12.6. The largest absolute Gasteiger partial charge is 0.422 e. The highest BCUT2D eigenvalue weighted by atomic mass is 35.5. The molecular weight excluding hydrogens is 373 g/mol. The van der Waals surface area contributed by atoms with Gasteiger partial charge < -0.3 is 10.1 Å². The van der Waals surface area contributed by atoms with Gasteiger partial charge in [-0.05, 0) is 42.5 Å². The van der Waals surface area contributed by atoms with Gasteiger partial charge in [0, 0.05) is 21.8 Å². The van der Waals surface area contributed by atoms with Crippen molar-refractivity contribution in [3.8, 4) is 5.75 Å². The minimum absolute atomic E-state index is 0.0749. The van der Waals surface area contributed by atoms with E-state index in [0.29, 0.717) is 21.3 Å². The zero-order chi connectivity index (χ0) is 18.5. The van der Waals surface area contributed by atoms with Crippen LogP contribution in [0.1, 0.15) is 20.7 Å². The first-order chi connectivity index (χ1) is 12.5. The number of amides is 1. The van der Waals surface area contributed by atoms with Gasteiger partial charge in [0.05, 0.1) is 11.1 Å². The number of carbonyl (C=O) groups is 2. The molecule has 0 atom stereocenters. The van der Waals surface area contributed by atoms with Gasteiger partial charge in [-0.1, -0.05) is 47.5 Å². The fourth-order valence-electron chi connectivity index (χ4n) is 2.27. The fourth-order valence-corrected chi connectivity index (χ4v) is 2.62. The van der Waals surface area contributed by atoms with Gasteiger partial charge >= 0.3 is 5.97 Å². The number of carbonyl (C=O) groups excluding carboxylic acids is 2. The van der Waals surface area contributed by atoms with Crippen molar-refractivity contribution >= 4 is 40.8 Å². The Kier molecular flexibility index (Phi) is 5.56. The van der Waals surface area contributed by atoms with Crippen molar-refractivity contribution in [1.82, 2.24) is 0 Å². The molecule has 6 heteroatoms. The highest BCUT2D eigenvalue weighted by Crippen LogP contribution is 2.26. The summed E-state index contributed by atoms with van der Waals surface area (Å²) < 4.78 is 5.38. The van der Waals surface area contributed by atoms with Crippen molar-refractivity contribution in [1.29, 1.82) is 0 Å². The van der Waals surface area contributed by atoms with E-state index in [9.17, 15) is 9.59 Å². The fraction of sp³-hybridized carbons (Fsp3) is 0. The van der Waals surface area contributed by atoms with Crippen LogP contribution < -0.4 is 10.1 Å². The van der Waals surface area contributed by atoms with E-state index < -0.39 is 11.9 Å². The zero-order valence-electron chi connectivity index (χ0n) is 13.4. The molecule has 3 rings (SSSR count). The Balaban J connectivity index is 1.85. The summed E-state index contributed by atoms with van der Waals surface area (Å²) in [5.74, 6) is -0.949. The summed E-state index contributed by atoms with van der Waals surface area (Å²) in [4.78, 5) is 24.9. The van der Waals surface area contributed by atoms with E-state index in [1.54, 1.807) is 60.7 Å². The summed E-state index contributed by atoms with van der Waals surface area (Å²) in [6, 6.07) is 19.7. The van der Waals surface area contributed by atoms with E-state index in [2.05, 4.69) is 5.32 Å². The molecule has 0 aromatic heterocycles. The second kappa shape index (κ2) is 8.04. The molecule has 0 saturated heterocycles. The van der Waals surface area contributed by atoms with Gasteiger partial charge in [-0.15, -0.1) is 0 Å². The molecule has 1 amide bonds. The van der Waals surface area contributed by atoms with E-state index >= 15 is 0 Å². The Morgan fingerprint density at radius 3 is 2.27 bits per heavy atom. The van der Waals surface area contributed by atoms with Gasteiger partial charge in [-0.2, -0.15) is 0 Å². The number of hydrogen-bond acceptors (Lipinski definition) is 3. The smallest absolute Gasteiger partial charge is 0.343 e. The second-order valence-corrected chi connectivity index (χ2v) is 6.23. The Bertz CT molecular complexity index is 958. The number of rotatable bonds is 4. The van der Waals surface area contributed by atoms with Crippen LogP contribution in [-0.4, -0.2) is 11.9 Å². The van der Waals surface area contributed by atoms with E-state index in [1.807, 2.05) is 0 Å². The number of nitrogens with one attached hydrogen (secondary N) is 1. The predicted octanol–water partition coefficient (Wildman–Crippen LogP) is 5.46. The van der Waals surface area contributed by atoms with Gasteiger partial charge in [-0.3, -0.25) is 4.79 Å². The van der Waals surface area contributed by atoms with Crippen molar-refractivity contribution in [2.75, 3.05) is 5.32 Å². The summed E-state index contributed by atoms with van der Waals surface area (Å²) in [5.41, 5.74) is 1.07. The minimum Gasteiger partial charge on any atom is -0.422 e. The summed E-state index contributed by atoms with van der Waals surface area (Å²) in [5, 5.41) is 3.56. The lowest BCUT2D eigenvalue weighted by Crippen LogP contribution is -2.16. The van der Waals surface area contributed by atoms with Crippen LogP contribution in [-0.2, 0) is 0 Å². The van der Waals surface area contributed by atoms with Crippen molar-refractivity contribution in [3.05, 3.63) is 94.0 Å². The molecule has 0 radical (unpaired) electrons. The molecule has 3 aromatic carbocycles. The molecular formula is C20H13Cl2NO3. The van der Waals surface area contributed by atoms with Crippen LogP contribution in [0.5, 0.6) is 5.75 Å².